The molecule has 0 aliphatic rings. The van der Waals surface area contributed by atoms with Gasteiger partial charge in [0, 0.05) is 6.54 Å². The SMILES string of the molecule is CCCCS(=O)(=O)c1cccc([C@H](O)CCNC(=O)C(F)(F)F)c1. The maximum Gasteiger partial charge on any atom is 0.471 e. The van der Waals surface area contributed by atoms with Crippen LogP contribution in [-0.4, -0.2) is 37.9 Å². The average molecular weight is 367 g/mol. The molecule has 2 N–H and O–H groups in total. The monoisotopic (exact) mass is 367 g/mol. The van der Waals surface area contributed by atoms with Gasteiger partial charge in [-0.15, -0.1) is 0 Å². The first-order chi connectivity index (χ1) is 11.1. The van der Waals surface area contributed by atoms with Crippen LogP contribution in [0.5, 0.6) is 0 Å². The number of unbranched alkanes of at least 4 members (excludes halogenated alkanes) is 1. The van der Waals surface area contributed by atoms with E-state index in [1.54, 1.807) is 5.32 Å². The minimum Gasteiger partial charge on any atom is -0.388 e. The number of carbonyl (C=O) groups is 1. The van der Waals surface area contributed by atoms with Gasteiger partial charge in [-0.2, -0.15) is 13.2 Å². The van der Waals surface area contributed by atoms with E-state index >= 15 is 0 Å². The van der Waals surface area contributed by atoms with Crippen LogP contribution in [0.25, 0.3) is 0 Å². The van der Waals surface area contributed by atoms with Crippen molar-refractivity contribution in [3.05, 3.63) is 29.8 Å². The van der Waals surface area contributed by atoms with Gasteiger partial charge in [0.25, 0.3) is 0 Å². The number of alkyl halides is 3. The molecule has 0 fully saturated rings. The van der Waals surface area contributed by atoms with E-state index in [0.717, 1.165) is 6.42 Å². The van der Waals surface area contributed by atoms with Gasteiger partial charge < -0.3 is 10.4 Å². The first-order valence-electron chi connectivity index (χ1n) is 7.43. The number of sulfone groups is 1. The molecule has 0 unspecified atom stereocenters. The van der Waals surface area contributed by atoms with Gasteiger partial charge in [-0.25, -0.2) is 8.42 Å². The zero-order chi connectivity index (χ0) is 18.4. The van der Waals surface area contributed by atoms with E-state index in [4.69, 9.17) is 0 Å². The van der Waals surface area contributed by atoms with E-state index in [1.165, 1.54) is 24.3 Å². The number of aliphatic hydroxyl groups excluding tert-OH is 1. The van der Waals surface area contributed by atoms with E-state index in [2.05, 4.69) is 0 Å². The highest BCUT2D eigenvalue weighted by Crippen LogP contribution is 2.21. The van der Waals surface area contributed by atoms with Crippen molar-refractivity contribution in [1.29, 1.82) is 0 Å². The second-order valence-electron chi connectivity index (χ2n) is 5.30. The van der Waals surface area contributed by atoms with Gasteiger partial charge in [-0.3, -0.25) is 4.79 Å². The van der Waals surface area contributed by atoms with Gasteiger partial charge in [0.1, 0.15) is 0 Å². The number of benzene rings is 1. The van der Waals surface area contributed by atoms with Gasteiger partial charge in [0.15, 0.2) is 9.84 Å². The zero-order valence-corrected chi connectivity index (χ0v) is 14.0. The van der Waals surface area contributed by atoms with Gasteiger partial charge in [0.2, 0.25) is 0 Å². The van der Waals surface area contributed by atoms with Crippen LogP contribution in [0.3, 0.4) is 0 Å². The molecule has 9 heteroatoms. The topological polar surface area (TPSA) is 83.5 Å². The molecule has 1 aromatic carbocycles. The molecule has 0 aliphatic carbocycles. The summed E-state index contributed by atoms with van der Waals surface area (Å²) in [5, 5.41) is 11.6. The fourth-order valence-corrected chi connectivity index (χ4v) is 3.46. The molecule has 0 bridgehead atoms. The summed E-state index contributed by atoms with van der Waals surface area (Å²) < 4.78 is 60.4. The molecule has 0 saturated carbocycles. The average Bonchev–Trinajstić information content (AvgIpc) is 2.52. The molecule has 0 aliphatic heterocycles. The van der Waals surface area contributed by atoms with E-state index in [9.17, 15) is 31.5 Å². The Kier molecular flexibility index (Phi) is 7.22. The van der Waals surface area contributed by atoms with E-state index in [1.807, 2.05) is 6.92 Å². The molecule has 0 heterocycles. The number of nitrogens with one attached hydrogen (secondary N) is 1. The Morgan fingerprint density at radius 3 is 2.58 bits per heavy atom. The van der Waals surface area contributed by atoms with Crippen molar-refractivity contribution in [3.8, 4) is 0 Å². The molecule has 1 amide bonds. The Bertz CT molecular complexity index is 659. The Labute approximate surface area is 138 Å². The molecule has 1 rings (SSSR count). The molecule has 1 aromatic rings. The fourth-order valence-electron chi connectivity index (χ4n) is 1.96. The number of hydrogen-bond donors (Lipinski definition) is 2. The summed E-state index contributed by atoms with van der Waals surface area (Å²) in [6.45, 7) is 1.48. The molecule has 0 spiro atoms. The van der Waals surface area contributed by atoms with Crippen molar-refractivity contribution in [2.45, 2.75) is 43.4 Å². The van der Waals surface area contributed by atoms with Gasteiger partial charge in [0.05, 0.1) is 16.8 Å². The van der Waals surface area contributed by atoms with E-state index in [-0.39, 0.29) is 29.2 Å². The number of carbonyl (C=O) groups excluding carboxylic acids is 1. The number of amides is 1. The number of halogens is 3. The molecular weight excluding hydrogens is 347 g/mol. The highest BCUT2D eigenvalue weighted by atomic mass is 32.2. The van der Waals surface area contributed by atoms with E-state index < -0.39 is 28.0 Å². The lowest BCUT2D eigenvalue weighted by molar-refractivity contribution is -0.173. The second kappa shape index (κ2) is 8.48. The molecule has 0 aromatic heterocycles. The summed E-state index contributed by atoms with van der Waals surface area (Å²) in [5.41, 5.74) is 0.272. The van der Waals surface area contributed by atoms with Gasteiger partial charge >= 0.3 is 12.1 Å². The third kappa shape index (κ3) is 6.12. The lowest BCUT2D eigenvalue weighted by atomic mass is 10.1. The maximum atomic E-state index is 12.1. The lowest BCUT2D eigenvalue weighted by Gasteiger charge is -2.14. The van der Waals surface area contributed by atoms with E-state index in [0.29, 0.717) is 6.42 Å². The summed E-state index contributed by atoms with van der Waals surface area (Å²) in [4.78, 5) is 10.7. The smallest absolute Gasteiger partial charge is 0.388 e. The quantitative estimate of drug-likeness (QED) is 0.739. The Hall–Kier alpha value is -1.61. The first-order valence-corrected chi connectivity index (χ1v) is 9.09. The van der Waals surface area contributed by atoms with Gasteiger partial charge in [-0.05, 0) is 30.5 Å². The van der Waals surface area contributed by atoms with Crippen LogP contribution in [-0.2, 0) is 14.6 Å². The largest absolute Gasteiger partial charge is 0.471 e. The first kappa shape index (κ1) is 20.4. The summed E-state index contributed by atoms with van der Waals surface area (Å²) in [5.74, 6) is -2.09. The van der Waals surface area contributed by atoms with Crippen LogP contribution in [0.1, 0.15) is 37.9 Å². The molecule has 1 atom stereocenters. The minimum atomic E-state index is -4.97. The third-order valence-corrected chi connectivity index (χ3v) is 5.13. The van der Waals surface area contributed by atoms with Crippen LogP contribution in [0.4, 0.5) is 13.2 Å². The van der Waals surface area contributed by atoms with Crippen molar-refractivity contribution < 1.29 is 31.5 Å². The second-order valence-corrected chi connectivity index (χ2v) is 7.41. The molecule has 0 saturated heterocycles. The molecule has 5 nitrogen and oxygen atoms in total. The lowest BCUT2D eigenvalue weighted by Crippen LogP contribution is -2.37. The van der Waals surface area contributed by atoms with Crippen LogP contribution in [0, 0.1) is 0 Å². The maximum absolute atomic E-state index is 12.1. The molecule has 136 valence electrons. The molecule has 0 radical (unpaired) electrons. The normalized spacial score (nSPS) is 13.5. The minimum absolute atomic E-state index is 0.00924. The number of hydrogen-bond acceptors (Lipinski definition) is 4. The van der Waals surface area contributed by atoms with Crippen molar-refractivity contribution in [2.24, 2.45) is 0 Å². The standard InChI is InChI=1S/C15H20F3NO4S/c1-2-3-9-24(22,23)12-6-4-5-11(10-12)13(20)7-8-19-14(21)15(16,17)18/h4-6,10,13,20H,2-3,7-9H2,1H3,(H,19,21)/t13-/m1/s1. The Morgan fingerprint density at radius 2 is 2.00 bits per heavy atom. The van der Waals surface area contributed by atoms with Crippen LogP contribution >= 0.6 is 0 Å². The third-order valence-electron chi connectivity index (χ3n) is 3.33. The van der Waals surface area contributed by atoms with Crippen molar-refractivity contribution in [2.75, 3.05) is 12.3 Å². The molecule has 24 heavy (non-hydrogen) atoms. The Morgan fingerprint density at radius 1 is 1.33 bits per heavy atom. The number of aliphatic hydroxyl groups is 1. The van der Waals surface area contributed by atoms with Crippen LogP contribution < -0.4 is 5.32 Å². The van der Waals surface area contributed by atoms with Crippen LogP contribution in [0.15, 0.2) is 29.2 Å². The predicted molar refractivity (Wildman–Crippen MR) is 82.0 cm³/mol. The van der Waals surface area contributed by atoms with Crippen molar-refractivity contribution in [3.63, 3.8) is 0 Å². The fraction of sp³-hybridized carbons (Fsp3) is 0.533. The summed E-state index contributed by atoms with van der Waals surface area (Å²) in [6, 6.07) is 5.66. The van der Waals surface area contributed by atoms with Crippen LogP contribution in [0.2, 0.25) is 0 Å². The summed E-state index contributed by atoms with van der Waals surface area (Å²) in [6.07, 6.45) is -5.09. The zero-order valence-electron chi connectivity index (χ0n) is 13.1. The summed E-state index contributed by atoms with van der Waals surface area (Å²) >= 11 is 0. The van der Waals surface area contributed by atoms with Crippen molar-refractivity contribution in [1.82, 2.24) is 5.32 Å². The van der Waals surface area contributed by atoms with Crippen molar-refractivity contribution >= 4 is 15.7 Å². The summed E-state index contributed by atoms with van der Waals surface area (Å²) in [7, 11) is -3.46. The molecular formula is C15H20F3NO4S. The predicted octanol–water partition coefficient (Wildman–Crippen LogP) is 2.36. The van der Waals surface area contributed by atoms with Gasteiger partial charge in [-0.1, -0.05) is 25.5 Å². The Balaban J connectivity index is 2.71. The number of rotatable bonds is 8. The highest BCUT2D eigenvalue weighted by Gasteiger charge is 2.38. The highest BCUT2D eigenvalue weighted by molar-refractivity contribution is 7.91.